The molecule has 0 bridgehead atoms. The molecular weight excluding hydrogens is 321 g/mol. The monoisotopic (exact) mass is 343 g/mol. The first-order valence-corrected chi connectivity index (χ1v) is 8.70. The average molecular weight is 343 g/mol. The molecule has 0 unspecified atom stereocenters. The maximum atomic E-state index is 12.3. The predicted molar refractivity (Wildman–Crippen MR) is 85.1 cm³/mol. The summed E-state index contributed by atoms with van der Waals surface area (Å²) >= 11 is 0. The highest BCUT2D eigenvalue weighted by atomic mass is 31.2. The molecule has 0 fully saturated rings. The summed E-state index contributed by atoms with van der Waals surface area (Å²) < 4.78 is 11.6. The smallest absolute Gasteiger partial charge is 0.347 e. The lowest BCUT2D eigenvalue weighted by molar-refractivity contribution is -0.141. The maximum absolute atomic E-state index is 12.3. The van der Waals surface area contributed by atoms with Crippen LogP contribution in [0.4, 0.5) is 0 Å². The topological polar surface area (TPSA) is 147 Å². The van der Waals surface area contributed by atoms with Crippen molar-refractivity contribution in [3.63, 3.8) is 0 Å². The molecule has 23 heavy (non-hydrogen) atoms. The molecule has 0 spiro atoms. The van der Waals surface area contributed by atoms with Gasteiger partial charge in [-0.2, -0.15) is 0 Å². The first kappa shape index (κ1) is 19.3. The zero-order chi connectivity index (χ0) is 17.8. The van der Waals surface area contributed by atoms with Crippen molar-refractivity contribution < 1.29 is 23.9 Å². The minimum absolute atomic E-state index is 0.0406. The Morgan fingerprint density at radius 2 is 1.74 bits per heavy atom. The van der Waals surface area contributed by atoms with E-state index < -0.39 is 37.3 Å². The summed E-state index contributed by atoms with van der Waals surface area (Å²) in [5, 5.41) is 0. The Morgan fingerprint density at radius 3 is 2.13 bits per heavy atom. The van der Waals surface area contributed by atoms with E-state index in [9.17, 15) is 23.9 Å². The number of hydrogen-bond acceptors (Lipinski definition) is 4. The van der Waals surface area contributed by atoms with Crippen LogP contribution in [0, 0.1) is 0 Å². The van der Waals surface area contributed by atoms with Gasteiger partial charge in [0.2, 0.25) is 11.8 Å². The van der Waals surface area contributed by atoms with Gasteiger partial charge in [-0.05, 0) is 19.4 Å². The normalized spacial score (nSPS) is 15.5. The van der Waals surface area contributed by atoms with E-state index in [2.05, 4.69) is 0 Å². The lowest BCUT2D eigenvalue weighted by Crippen LogP contribution is -2.56. The zero-order valence-electron chi connectivity index (χ0n) is 13.0. The van der Waals surface area contributed by atoms with Crippen LogP contribution in [-0.4, -0.2) is 44.4 Å². The summed E-state index contributed by atoms with van der Waals surface area (Å²) in [6.07, 6.45) is 0.0406. The van der Waals surface area contributed by atoms with Crippen LogP contribution < -0.4 is 11.5 Å². The van der Waals surface area contributed by atoms with Crippen molar-refractivity contribution in [2.75, 3.05) is 0 Å². The van der Waals surface area contributed by atoms with E-state index in [1.54, 1.807) is 30.3 Å². The fourth-order valence-electron chi connectivity index (χ4n) is 2.17. The fourth-order valence-corrected chi connectivity index (χ4v) is 2.77. The van der Waals surface area contributed by atoms with Crippen molar-refractivity contribution in [3.8, 4) is 0 Å². The molecule has 0 aliphatic carbocycles. The Morgan fingerprint density at radius 1 is 1.22 bits per heavy atom. The van der Waals surface area contributed by atoms with Crippen LogP contribution in [0.2, 0.25) is 0 Å². The second-order valence-corrected chi connectivity index (χ2v) is 7.29. The second-order valence-electron chi connectivity index (χ2n) is 5.36. The Labute approximate surface area is 134 Å². The number of primary amides is 1. The molecule has 2 amide bonds. The van der Waals surface area contributed by atoms with Crippen LogP contribution in [0.25, 0.3) is 0 Å². The van der Waals surface area contributed by atoms with Crippen molar-refractivity contribution >= 4 is 19.4 Å². The van der Waals surface area contributed by atoms with Gasteiger partial charge in [-0.15, -0.1) is 0 Å². The van der Waals surface area contributed by atoms with E-state index >= 15 is 0 Å². The summed E-state index contributed by atoms with van der Waals surface area (Å²) in [4.78, 5) is 43.8. The molecule has 0 heterocycles. The van der Waals surface area contributed by atoms with Gasteiger partial charge in [-0.3, -0.25) is 14.2 Å². The molecule has 0 aromatic heterocycles. The number of carbonyl (C=O) groups is 2. The van der Waals surface area contributed by atoms with E-state index in [1.807, 2.05) is 0 Å². The van der Waals surface area contributed by atoms with Gasteiger partial charge in [0.15, 0.2) is 0 Å². The van der Waals surface area contributed by atoms with Crippen LogP contribution in [0.5, 0.6) is 0 Å². The molecule has 6 N–H and O–H groups in total. The Balaban J connectivity index is 3.25. The van der Waals surface area contributed by atoms with Crippen molar-refractivity contribution in [2.45, 2.75) is 38.1 Å². The van der Waals surface area contributed by atoms with Gasteiger partial charge in [0.25, 0.3) is 0 Å². The standard InChI is InChI=1S/C14H22N3O5P/c1-9(15)14(19)17(10(2)23(20,21)22)12(13(16)18)8-11-6-4-3-5-7-11/h3-7,9-10,12H,8,15H2,1-2H3,(H2,16,18)(H2,20,21,22)/t9-,10+,12-/m0/s1. The highest BCUT2D eigenvalue weighted by Crippen LogP contribution is 2.43. The number of nitrogens with zero attached hydrogens (tertiary/aromatic N) is 1. The number of nitrogens with two attached hydrogens (primary N) is 2. The number of rotatable bonds is 7. The third-order valence-corrected chi connectivity index (χ3v) is 4.69. The molecule has 3 atom stereocenters. The van der Waals surface area contributed by atoms with Crippen LogP contribution in [-0.2, 0) is 20.6 Å². The van der Waals surface area contributed by atoms with Gasteiger partial charge in [-0.1, -0.05) is 30.3 Å². The zero-order valence-corrected chi connectivity index (χ0v) is 13.9. The molecule has 1 aromatic carbocycles. The van der Waals surface area contributed by atoms with Gasteiger partial charge in [-0.25, -0.2) is 0 Å². The number of amides is 2. The summed E-state index contributed by atoms with van der Waals surface area (Å²) in [5.74, 6) is -3.12. The van der Waals surface area contributed by atoms with Gasteiger partial charge < -0.3 is 26.2 Å². The van der Waals surface area contributed by atoms with Crippen molar-refractivity contribution in [2.24, 2.45) is 11.5 Å². The van der Waals surface area contributed by atoms with E-state index in [0.717, 1.165) is 4.90 Å². The molecule has 0 aliphatic heterocycles. The molecule has 1 aromatic rings. The Hall–Kier alpha value is -1.73. The Bertz CT molecular complexity index is 602. The fraction of sp³-hybridized carbons (Fsp3) is 0.429. The lowest BCUT2D eigenvalue weighted by Gasteiger charge is -2.36. The number of carbonyl (C=O) groups excluding carboxylic acids is 2. The minimum Gasteiger partial charge on any atom is -0.368 e. The predicted octanol–water partition coefficient (Wildman–Crippen LogP) is -0.218. The molecule has 1 rings (SSSR count). The maximum Gasteiger partial charge on any atom is 0.347 e. The largest absolute Gasteiger partial charge is 0.368 e. The summed E-state index contributed by atoms with van der Waals surface area (Å²) in [6.45, 7) is 2.55. The lowest BCUT2D eigenvalue weighted by atomic mass is 10.0. The van der Waals surface area contributed by atoms with Crippen LogP contribution in [0.3, 0.4) is 0 Å². The summed E-state index contributed by atoms with van der Waals surface area (Å²) in [6, 6.07) is 6.50. The number of benzene rings is 1. The SMILES string of the molecule is C[C@H](N)C(=O)N([C@@H](C)P(=O)(O)O)[C@@H](Cc1ccccc1)C(N)=O. The molecule has 0 saturated heterocycles. The first-order valence-electron chi connectivity index (χ1n) is 7.02. The van der Waals surface area contributed by atoms with E-state index in [1.165, 1.54) is 13.8 Å². The minimum atomic E-state index is -4.66. The molecule has 128 valence electrons. The average Bonchev–Trinajstić information content (AvgIpc) is 2.45. The van der Waals surface area contributed by atoms with Crippen LogP contribution >= 0.6 is 7.60 Å². The summed E-state index contributed by atoms with van der Waals surface area (Å²) in [7, 11) is -4.66. The Kier molecular flexibility index (Phi) is 6.47. The van der Waals surface area contributed by atoms with E-state index in [-0.39, 0.29) is 6.42 Å². The summed E-state index contributed by atoms with van der Waals surface area (Å²) in [5.41, 5.74) is 11.6. The van der Waals surface area contributed by atoms with Gasteiger partial charge in [0.05, 0.1) is 6.04 Å². The van der Waals surface area contributed by atoms with E-state index in [0.29, 0.717) is 5.56 Å². The second kappa shape index (κ2) is 7.70. The third-order valence-electron chi connectivity index (χ3n) is 3.47. The third kappa shape index (κ3) is 5.14. The quantitative estimate of drug-likeness (QED) is 0.503. The molecule has 0 radical (unpaired) electrons. The molecule has 8 nitrogen and oxygen atoms in total. The highest BCUT2D eigenvalue weighted by molar-refractivity contribution is 7.52. The van der Waals surface area contributed by atoms with Gasteiger partial charge in [0.1, 0.15) is 11.8 Å². The van der Waals surface area contributed by atoms with Gasteiger partial charge >= 0.3 is 7.60 Å². The molecule has 9 heteroatoms. The molecule has 0 saturated carbocycles. The number of hydrogen-bond donors (Lipinski definition) is 4. The highest BCUT2D eigenvalue weighted by Gasteiger charge is 2.40. The van der Waals surface area contributed by atoms with Crippen molar-refractivity contribution in [3.05, 3.63) is 35.9 Å². The van der Waals surface area contributed by atoms with Crippen LogP contribution in [0.1, 0.15) is 19.4 Å². The van der Waals surface area contributed by atoms with Gasteiger partial charge in [0, 0.05) is 6.42 Å². The van der Waals surface area contributed by atoms with Crippen LogP contribution in [0.15, 0.2) is 30.3 Å². The van der Waals surface area contributed by atoms with Crippen molar-refractivity contribution in [1.82, 2.24) is 4.90 Å². The first-order chi connectivity index (χ1) is 10.6. The van der Waals surface area contributed by atoms with E-state index in [4.69, 9.17) is 11.5 Å². The van der Waals surface area contributed by atoms with Crippen molar-refractivity contribution in [1.29, 1.82) is 0 Å². The molecule has 0 aliphatic rings. The molecular formula is C14H22N3O5P.